The van der Waals surface area contributed by atoms with E-state index in [-0.39, 0.29) is 30.2 Å². The molecule has 2 heterocycles. The summed E-state index contributed by atoms with van der Waals surface area (Å²) < 4.78 is 134. The smallest absolute Gasteiger partial charge is 0.436 e. The predicted octanol–water partition coefficient (Wildman–Crippen LogP) is 4.50. The second-order valence-electron chi connectivity index (χ2n) is 6.10. The summed E-state index contributed by atoms with van der Waals surface area (Å²) in [5, 5.41) is 13.4. The molecule has 3 rings (SSSR count). The third kappa shape index (κ3) is 4.18. The largest absolute Gasteiger partial charge is 0.493 e. The van der Waals surface area contributed by atoms with Gasteiger partial charge in [-0.3, -0.25) is 4.79 Å². The van der Waals surface area contributed by atoms with Gasteiger partial charge in [-0.1, -0.05) is 0 Å². The minimum Gasteiger partial charge on any atom is -0.493 e. The van der Waals surface area contributed by atoms with Crippen molar-refractivity contribution in [2.45, 2.75) is 13.1 Å². The number of aryl methyl sites for hydroxylation is 1. The summed E-state index contributed by atoms with van der Waals surface area (Å²) in [6.07, 6.45) is -5.61. The number of hydrogen-bond acceptors (Lipinski definition) is 4. The molecule has 0 aliphatic heterocycles. The van der Waals surface area contributed by atoms with Gasteiger partial charge in [-0.15, -0.1) is 0 Å². The number of pyridine rings is 1. The number of hydrogen-bond donors (Lipinski definition) is 1. The average Bonchev–Trinajstić information content (AvgIpc) is 2.98. The van der Waals surface area contributed by atoms with Gasteiger partial charge >= 0.3 is 6.18 Å². The third-order valence-corrected chi connectivity index (χ3v) is 4.11. The van der Waals surface area contributed by atoms with Crippen LogP contribution in [-0.4, -0.2) is 25.7 Å². The molecule has 0 atom stereocenters. The molecule has 0 saturated carbocycles. The molecule has 1 N–H and O–H groups in total. The normalized spacial score (nSPS) is 11.5. The van der Waals surface area contributed by atoms with Gasteiger partial charge in [0.15, 0.2) is 34.8 Å². The van der Waals surface area contributed by atoms with Gasteiger partial charge in [0.25, 0.3) is 5.95 Å². The maximum atomic E-state index is 14.3. The van der Waals surface area contributed by atoms with Gasteiger partial charge in [0.2, 0.25) is 17.5 Å². The van der Waals surface area contributed by atoms with Crippen LogP contribution in [-0.2, 0) is 25.7 Å². The monoisotopic (exact) mass is 537 g/mol. The molecule has 2 aromatic heterocycles. The van der Waals surface area contributed by atoms with Gasteiger partial charge in [0, 0.05) is 19.5 Å². The zero-order chi connectivity index (χ0) is 24.3. The molecule has 0 radical (unpaired) electrons. The van der Waals surface area contributed by atoms with Crippen molar-refractivity contribution in [2.75, 3.05) is 0 Å². The first-order valence-corrected chi connectivity index (χ1v) is 7.96. The first kappa shape index (κ1) is 26.2. The van der Waals surface area contributed by atoms with E-state index in [2.05, 4.69) is 10.1 Å². The Morgan fingerprint density at radius 2 is 1.52 bits per heavy atom. The minimum absolute atomic E-state index is 0. The van der Waals surface area contributed by atoms with Crippen LogP contribution in [0.2, 0.25) is 0 Å². The SMILES string of the molecule is Cc1nn(-c2c(F)c(F)nc(C(F)(F)F)c2F)c(O)c1C(=O)c1cc(F)c(F)c(F)c1F.[Zn]. The number of alkyl halides is 3. The summed E-state index contributed by atoms with van der Waals surface area (Å²) in [4.78, 5) is 14.6. The van der Waals surface area contributed by atoms with Gasteiger partial charge in [-0.05, 0) is 13.0 Å². The molecular weight excluding hydrogens is 534 g/mol. The van der Waals surface area contributed by atoms with Crippen molar-refractivity contribution < 1.29 is 73.3 Å². The topological polar surface area (TPSA) is 68.0 Å². The predicted molar refractivity (Wildman–Crippen MR) is 82.3 cm³/mol. The van der Waals surface area contributed by atoms with Crippen LogP contribution in [0.4, 0.5) is 43.9 Å². The number of nitrogens with zero attached hydrogens (tertiary/aromatic N) is 3. The number of rotatable bonds is 3. The molecule has 3 aromatic rings. The second kappa shape index (κ2) is 8.73. The Morgan fingerprint density at radius 1 is 0.939 bits per heavy atom. The number of ketones is 1. The number of benzene rings is 1. The summed E-state index contributed by atoms with van der Waals surface area (Å²) in [6, 6.07) is -0.0959. The summed E-state index contributed by atoms with van der Waals surface area (Å²) in [5.74, 6) is -19.6. The van der Waals surface area contributed by atoms with Crippen LogP contribution in [0.25, 0.3) is 5.69 Å². The molecule has 1 aromatic carbocycles. The molecule has 5 nitrogen and oxygen atoms in total. The van der Waals surface area contributed by atoms with Gasteiger partial charge in [-0.2, -0.15) is 31.7 Å². The number of carbonyl (C=O) groups is 1. The van der Waals surface area contributed by atoms with Crippen LogP contribution in [0.5, 0.6) is 5.88 Å². The van der Waals surface area contributed by atoms with E-state index in [4.69, 9.17) is 0 Å². The molecule has 0 unspecified atom stereocenters. The van der Waals surface area contributed by atoms with E-state index in [0.717, 1.165) is 6.92 Å². The summed E-state index contributed by atoms with van der Waals surface area (Å²) in [6.45, 7) is 0.829. The third-order valence-electron chi connectivity index (χ3n) is 4.11. The van der Waals surface area contributed by atoms with Crippen LogP contribution in [0.3, 0.4) is 0 Å². The van der Waals surface area contributed by atoms with Crippen molar-refractivity contribution in [3.8, 4) is 11.6 Å². The molecule has 0 amide bonds. The number of aromatic nitrogens is 3. The molecule has 33 heavy (non-hydrogen) atoms. The van der Waals surface area contributed by atoms with Gasteiger partial charge < -0.3 is 5.11 Å². The summed E-state index contributed by atoms with van der Waals surface area (Å²) in [7, 11) is 0. The van der Waals surface area contributed by atoms with E-state index in [1.165, 1.54) is 0 Å². The molecule has 16 heteroatoms. The van der Waals surface area contributed by atoms with E-state index < -0.39 is 86.9 Å². The van der Waals surface area contributed by atoms with Crippen LogP contribution >= 0.6 is 0 Å². The van der Waals surface area contributed by atoms with Gasteiger partial charge in [0.05, 0.1) is 11.3 Å². The zero-order valence-electron chi connectivity index (χ0n) is 15.8. The van der Waals surface area contributed by atoms with Crippen molar-refractivity contribution in [3.05, 3.63) is 69.4 Å². The Morgan fingerprint density at radius 3 is 2.06 bits per heavy atom. The Bertz CT molecular complexity index is 1290. The minimum atomic E-state index is -5.61. The zero-order valence-corrected chi connectivity index (χ0v) is 18.7. The van der Waals surface area contributed by atoms with Crippen molar-refractivity contribution in [1.29, 1.82) is 0 Å². The van der Waals surface area contributed by atoms with E-state index in [1.54, 1.807) is 0 Å². The molecule has 0 aliphatic rings. The summed E-state index contributed by atoms with van der Waals surface area (Å²) in [5.41, 5.74) is -7.88. The van der Waals surface area contributed by atoms with E-state index >= 15 is 0 Å². The maximum absolute atomic E-state index is 14.3. The van der Waals surface area contributed by atoms with Crippen molar-refractivity contribution in [2.24, 2.45) is 0 Å². The number of halogens is 10. The van der Waals surface area contributed by atoms with Crippen molar-refractivity contribution >= 4 is 5.78 Å². The van der Waals surface area contributed by atoms with Gasteiger partial charge in [0.1, 0.15) is 11.3 Å². The average molecular weight is 539 g/mol. The van der Waals surface area contributed by atoms with E-state index in [0.29, 0.717) is 0 Å². The standard InChI is InChI=1S/C17H5F10N3O2.Zn/c1-3-6(13(31)4-2-5(18)8(20)9(21)7(4)19)16(32)30(29-3)12-10(22)14(17(25,26)27)28-15(24)11(12)23;/h2,32H,1H3;. The molecule has 0 spiro atoms. The summed E-state index contributed by atoms with van der Waals surface area (Å²) >= 11 is 0. The molecule has 172 valence electrons. The number of carbonyl (C=O) groups excluding carboxylic acids is 1. The molecule has 0 aliphatic carbocycles. The van der Waals surface area contributed by atoms with E-state index in [1.807, 2.05) is 0 Å². The Kier molecular flexibility index (Phi) is 6.93. The van der Waals surface area contributed by atoms with E-state index in [9.17, 15) is 53.8 Å². The Hall–Kier alpha value is -3.03. The van der Waals surface area contributed by atoms with Gasteiger partial charge in [-0.25, -0.2) is 26.9 Å². The van der Waals surface area contributed by atoms with Crippen LogP contribution in [0.1, 0.15) is 27.3 Å². The van der Waals surface area contributed by atoms with Crippen molar-refractivity contribution in [3.63, 3.8) is 0 Å². The Labute approximate surface area is 188 Å². The second-order valence-corrected chi connectivity index (χ2v) is 6.10. The number of aromatic hydroxyl groups is 1. The molecule has 0 fully saturated rings. The Balaban J connectivity index is 0.00000385. The first-order chi connectivity index (χ1) is 14.7. The maximum Gasteiger partial charge on any atom is 0.436 e. The van der Waals surface area contributed by atoms with Crippen LogP contribution in [0, 0.1) is 47.8 Å². The molecular formula is C17H5F10N3O2Zn. The molecule has 0 bridgehead atoms. The van der Waals surface area contributed by atoms with Crippen LogP contribution in [0.15, 0.2) is 6.07 Å². The quantitative estimate of drug-likeness (QED) is 0.133. The fourth-order valence-electron chi connectivity index (χ4n) is 2.69. The van der Waals surface area contributed by atoms with Crippen molar-refractivity contribution in [1.82, 2.24) is 14.8 Å². The molecule has 0 saturated heterocycles. The fourth-order valence-corrected chi connectivity index (χ4v) is 2.69. The first-order valence-electron chi connectivity index (χ1n) is 7.96. The van der Waals surface area contributed by atoms with Crippen LogP contribution < -0.4 is 0 Å². The fraction of sp³-hybridized carbons (Fsp3) is 0.118.